The SMILES string of the molecule is CC(F)(F)C(/C=C(\F)c1ccc(C(=O)O)c(Cl)c1)c1cc(Cl)c(Cl)c(Cl)c1. The molecule has 9 heteroatoms. The number of alkyl halides is 2. The van der Waals surface area contributed by atoms with Crippen LogP contribution in [0, 0.1) is 0 Å². The molecule has 0 aromatic heterocycles. The topological polar surface area (TPSA) is 37.3 Å². The van der Waals surface area contributed by atoms with Gasteiger partial charge in [0.15, 0.2) is 0 Å². The third kappa shape index (κ3) is 5.11. The van der Waals surface area contributed by atoms with Crippen LogP contribution < -0.4 is 0 Å². The Kier molecular flexibility index (Phi) is 6.74. The monoisotopic (exact) mass is 456 g/mol. The van der Waals surface area contributed by atoms with Crippen molar-refractivity contribution in [3.05, 3.63) is 73.2 Å². The van der Waals surface area contributed by atoms with Crippen LogP contribution >= 0.6 is 46.4 Å². The quantitative estimate of drug-likeness (QED) is 0.466. The van der Waals surface area contributed by atoms with Gasteiger partial charge in [-0.3, -0.25) is 0 Å². The van der Waals surface area contributed by atoms with Crippen molar-refractivity contribution >= 4 is 58.2 Å². The minimum atomic E-state index is -3.36. The van der Waals surface area contributed by atoms with E-state index in [1.807, 2.05) is 0 Å². The normalized spacial score (nSPS) is 13.6. The number of halogens is 7. The molecule has 0 heterocycles. The van der Waals surface area contributed by atoms with E-state index in [2.05, 4.69) is 0 Å². The number of carboxylic acid groups (broad SMARTS) is 1. The van der Waals surface area contributed by atoms with Gasteiger partial charge in [-0.1, -0.05) is 52.5 Å². The Hall–Kier alpha value is -1.40. The van der Waals surface area contributed by atoms with Crippen molar-refractivity contribution in [1.29, 1.82) is 0 Å². The molecule has 2 nitrogen and oxygen atoms in total. The Morgan fingerprint density at radius 2 is 1.63 bits per heavy atom. The van der Waals surface area contributed by atoms with Crippen molar-refractivity contribution in [2.75, 3.05) is 0 Å². The summed E-state index contributed by atoms with van der Waals surface area (Å²) in [5, 5.41) is 8.63. The molecular formula is C18H11Cl4F3O2. The van der Waals surface area contributed by atoms with Gasteiger partial charge in [0, 0.05) is 12.5 Å². The van der Waals surface area contributed by atoms with Gasteiger partial charge in [-0.2, -0.15) is 0 Å². The van der Waals surface area contributed by atoms with Crippen LogP contribution in [0.3, 0.4) is 0 Å². The fourth-order valence-electron chi connectivity index (χ4n) is 2.37. The maximum atomic E-state index is 14.6. The largest absolute Gasteiger partial charge is 0.478 e. The summed E-state index contributed by atoms with van der Waals surface area (Å²) in [6.07, 6.45) is 0.696. The Morgan fingerprint density at radius 3 is 2.07 bits per heavy atom. The standard InChI is InChI=1S/C18H11Cl4F3O2/c1-18(24,25)11(9-5-13(20)16(22)14(21)6-9)7-15(23)8-2-3-10(17(26)27)12(19)4-8/h2-7,11H,1H3,(H,26,27)/b15-7-. The highest BCUT2D eigenvalue weighted by atomic mass is 35.5. The average molecular weight is 458 g/mol. The molecule has 0 spiro atoms. The van der Waals surface area contributed by atoms with E-state index < -0.39 is 23.6 Å². The van der Waals surface area contributed by atoms with E-state index in [4.69, 9.17) is 51.5 Å². The van der Waals surface area contributed by atoms with Crippen LogP contribution in [0.4, 0.5) is 13.2 Å². The second kappa shape index (κ2) is 8.31. The molecule has 0 aliphatic heterocycles. The zero-order valence-corrected chi connectivity index (χ0v) is 16.6. The Morgan fingerprint density at radius 1 is 1.07 bits per heavy atom. The van der Waals surface area contributed by atoms with E-state index in [-0.39, 0.29) is 36.8 Å². The van der Waals surface area contributed by atoms with Crippen LogP contribution in [-0.2, 0) is 0 Å². The third-order valence-electron chi connectivity index (χ3n) is 3.70. The first-order valence-corrected chi connectivity index (χ1v) is 8.85. The van der Waals surface area contributed by atoms with Crippen LogP contribution in [0.2, 0.25) is 20.1 Å². The molecule has 1 unspecified atom stereocenters. The summed E-state index contributed by atoms with van der Waals surface area (Å²) in [7, 11) is 0. The molecule has 2 rings (SSSR count). The van der Waals surface area contributed by atoms with Crippen molar-refractivity contribution in [3.63, 3.8) is 0 Å². The number of benzene rings is 2. The highest BCUT2D eigenvalue weighted by Crippen LogP contribution is 2.41. The molecule has 144 valence electrons. The molecule has 0 amide bonds. The lowest BCUT2D eigenvalue weighted by atomic mass is 9.92. The molecule has 0 saturated carbocycles. The van der Waals surface area contributed by atoms with Gasteiger partial charge in [-0.25, -0.2) is 18.0 Å². The van der Waals surface area contributed by atoms with Crippen molar-refractivity contribution in [1.82, 2.24) is 0 Å². The van der Waals surface area contributed by atoms with Crippen LogP contribution in [0.5, 0.6) is 0 Å². The average Bonchev–Trinajstić information content (AvgIpc) is 2.55. The van der Waals surface area contributed by atoms with Crippen LogP contribution in [0.1, 0.15) is 34.3 Å². The Balaban J connectivity index is 2.53. The highest BCUT2D eigenvalue weighted by molar-refractivity contribution is 6.48. The Bertz CT molecular complexity index is 900. The molecule has 2 aromatic carbocycles. The van der Waals surface area contributed by atoms with E-state index in [1.165, 1.54) is 12.1 Å². The third-order valence-corrected chi connectivity index (χ3v) is 5.21. The zero-order chi connectivity index (χ0) is 20.5. The predicted molar refractivity (Wildman–Crippen MR) is 102 cm³/mol. The number of carboxylic acids is 1. The second-order valence-electron chi connectivity index (χ2n) is 5.75. The van der Waals surface area contributed by atoms with E-state index in [1.54, 1.807) is 0 Å². The lowest BCUT2D eigenvalue weighted by molar-refractivity contribution is 0.00668. The lowest BCUT2D eigenvalue weighted by Gasteiger charge is -2.22. The second-order valence-corrected chi connectivity index (χ2v) is 7.35. The van der Waals surface area contributed by atoms with Crippen molar-refractivity contribution in [2.45, 2.75) is 18.8 Å². The van der Waals surface area contributed by atoms with Crippen LogP contribution in [0.15, 0.2) is 36.4 Å². The van der Waals surface area contributed by atoms with Crippen molar-refractivity contribution < 1.29 is 23.1 Å². The lowest BCUT2D eigenvalue weighted by Crippen LogP contribution is -2.21. The molecule has 1 N–H and O–H groups in total. The van der Waals surface area contributed by atoms with Crippen LogP contribution in [-0.4, -0.2) is 17.0 Å². The summed E-state index contributed by atoms with van der Waals surface area (Å²) in [5.74, 6) is -7.37. The fraction of sp³-hybridized carbons (Fsp3) is 0.167. The van der Waals surface area contributed by atoms with Gasteiger partial charge in [0.2, 0.25) is 0 Å². The number of allylic oxidation sites excluding steroid dienone is 1. The first kappa shape index (κ1) is 21.9. The molecule has 27 heavy (non-hydrogen) atoms. The van der Waals surface area contributed by atoms with Crippen molar-refractivity contribution in [2.24, 2.45) is 0 Å². The number of aromatic carboxylic acids is 1. The Labute approximate surface area is 173 Å². The molecule has 0 bridgehead atoms. The van der Waals surface area contributed by atoms with Gasteiger partial charge in [-0.05, 0) is 35.9 Å². The first-order valence-electron chi connectivity index (χ1n) is 7.34. The van der Waals surface area contributed by atoms with Gasteiger partial charge < -0.3 is 5.11 Å². The predicted octanol–water partition coefficient (Wildman–Crippen LogP) is 7.75. The van der Waals surface area contributed by atoms with Gasteiger partial charge in [0.25, 0.3) is 5.92 Å². The minimum Gasteiger partial charge on any atom is -0.478 e. The van der Waals surface area contributed by atoms with Gasteiger partial charge in [0.1, 0.15) is 5.83 Å². The molecule has 1 atom stereocenters. The summed E-state index contributed by atoms with van der Waals surface area (Å²) in [6.45, 7) is 0.623. The molecule has 0 aliphatic rings. The zero-order valence-electron chi connectivity index (χ0n) is 13.5. The van der Waals surface area contributed by atoms with Gasteiger partial charge >= 0.3 is 5.97 Å². The van der Waals surface area contributed by atoms with E-state index in [0.717, 1.165) is 18.2 Å². The maximum absolute atomic E-state index is 14.6. The summed E-state index contributed by atoms with van der Waals surface area (Å²) in [6, 6.07) is 5.63. The smallest absolute Gasteiger partial charge is 0.337 e. The number of rotatable bonds is 5. The molecule has 0 radical (unpaired) electrons. The molecule has 2 aromatic rings. The minimum absolute atomic E-state index is 0.000690. The van der Waals surface area contributed by atoms with Crippen LogP contribution in [0.25, 0.3) is 5.83 Å². The van der Waals surface area contributed by atoms with Crippen molar-refractivity contribution in [3.8, 4) is 0 Å². The fourth-order valence-corrected chi connectivity index (χ4v) is 3.24. The van der Waals surface area contributed by atoms with E-state index in [0.29, 0.717) is 13.0 Å². The van der Waals surface area contributed by atoms with Gasteiger partial charge in [-0.15, -0.1) is 0 Å². The van der Waals surface area contributed by atoms with E-state index >= 15 is 0 Å². The summed E-state index contributed by atoms with van der Waals surface area (Å²) in [5.41, 5.74) is -0.419. The summed E-state index contributed by atoms with van der Waals surface area (Å²) in [4.78, 5) is 11.0. The first-order chi connectivity index (χ1) is 12.4. The van der Waals surface area contributed by atoms with Gasteiger partial charge in [0.05, 0.1) is 31.6 Å². The molecular weight excluding hydrogens is 447 g/mol. The maximum Gasteiger partial charge on any atom is 0.337 e. The number of hydrogen-bond acceptors (Lipinski definition) is 1. The summed E-state index contributed by atoms with van der Waals surface area (Å²) < 4.78 is 42.9. The molecule has 0 fully saturated rings. The van der Waals surface area contributed by atoms with E-state index in [9.17, 15) is 18.0 Å². The molecule has 0 saturated heterocycles. The number of carbonyl (C=O) groups is 1. The molecule has 0 aliphatic carbocycles. The number of hydrogen-bond donors (Lipinski definition) is 1. The summed E-state index contributed by atoms with van der Waals surface area (Å²) >= 11 is 23.4. The highest BCUT2D eigenvalue weighted by Gasteiger charge is 2.35.